The highest BCUT2D eigenvalue weighted by atomic mass is 35.5. The van der Waals surface area contributed by atoms with Gasteiger partial charge in [-0.3, -0.25) is 9.69 Å². The molecule has 2 aromatic rings. The van der Waals surface area contributed by atoms with Gasteiger partial charge in [-0.1, -0.05) is 12.1 Å². The molecule has 1 aliphatic heterocycles. The molecule has 1 atom stereocenters. The molecule has 0 radical (unpaired) electrons. The van der Waals surface area contributed by atoms with E-state index in [-0.39, 0.29) is 24.4 Å². The van der Waals surface area contributed by atoms with Crippen molar-refractivity contribution in [3.8, 4) is 0 Å². The van der Waals surface area contributed by atoms with Gasteiger partial charge in [-0.2, -0.15) is 0 Å². The Morgan fingerprint density at radius 3 is 2.64 bits per heavy atom. The number of aliphatic hydroxyl groups excluding tert-OH is 1. The number of hydrogen-bond acceptors (Lipinski definition) is 5. The van der Waals surface area contributed by atoms with Gasteiger partial charge in [-0.15, -0.1) is 23.7 Å². The van der Waals surface area contributed by atoms with Gasteiger partial charge in [0.25, 0.3) is 5.91 Å². The van der Waals surface area contributed by atoms with Crippen LogP contribution in [0.15, 0.2) is 24.3 Å². The van der Waals surface area contributed by atoms with Crippen LogP contribution < -0.4 is 0 Å². The maximum absolute atomic E-state index is 12.5. The van der Waals surface area contributed by atoms with Crippen molar-refractivity contribution in [1.82, 2.24) is 14.8 Å². The van der Waals surface area contributed by atoms with Gasteiger partial charge in [-0.25, -0.2) is 4.98 Å². The number of fused-ring (bicyclic) bond motifs is 1. The molecule has 1 aromatic heterocycles. The molecular formula is C15H20ClN3O2S. The fourth-order valence-corrected chi connectivity index (χ4v) is 3.54. The Morgan fingerprint density at radius 1 is 1.32 bits per heavy atom. The summed E-state index contributed by atoms with van der Waals surface area (Å²) in [5.41, 5.74) is 0.888. The Labute approximate surface area is 140 Å². The van der Waals surface area contributed by atoms with E-state index in [0.29, 0.717) is 24.6 Å². The molecule has 0 aliphatic carbocycles. The zero-order valence-electron chi connectivity index (χ0n) is 12.4. The number of carbonyl (C=O) groups excluding carboxylic acids is 1. The van der Waals surface area contributed by atoms with Crippen molar-refractivity contribution in [1.29, 1.82) is 0 Å². The van der Waals surface area contributed by atoms with E-state index in [9.17, 15) is 9.90 Å². The SMILES string of the molecule is CC(O)CN1CCN(C(=O)c2nc3ccccc3s2)CC1.Cl. The highest BCUT2D eigenvalue weighted by Gasteiger charge is 2.24. The van der Waals surface area contributed by atoms with Crippen LogP contribution in [0.2, 0.25) is 0 Å². The summed E-state index contributed by atoms with van der Waals surface area (Å²) in [5.74, 6) is 0.0212. The summed E-state index contributed by atoms with van der Waals surface area (Å²) in [7, 11) is 0. The van der Waals surface area contributed by atoms with Crippen LogP contribution >= 0.6 is 23.7 Å². The van der Waals surface area contributed by atoms with Gasteiger partial charge < -0.3 is 10.0 Å². The molecule has 3 rings (SSSR count). The minimum Gasteiger partial charge on any atom is -0.392 e. The predicted octanol–water partition coefficient (Wildman–Crippen LogP) is 1.86. The maximum atomic E-state index is 12.5. The molecule has 22 heavy (non-hydrogen) atoms. The fourth-order valence-electron chi connectivity index (χ4n) is 2.61. The van der Waals surface area contributed by atoms with Crippen LogP contribution in [0, 0.1) is 0 Å². The molecule has 1 aliphatic rings. The number of aromatic nitrogens is 1. The van der Waals surface area contributed by atoms with Crippen LogP contribution in [0.25, 0.3) is 10.2 Å². The molecule has 0 bridgehead atoms. The third kappa shape index (κ3) is 3.76. The lowest BCUT2D eigenvalue weighted by Crippen LogP contribution is -2.50. The van der Waals surface area contributed by atoms with Crippen molar-refractivity contribution in [3.63, 3.8) is 0 Å². The van der Waals surface area contributed by atoms with Gasteiger partial charge >= 0.3 is 0 Å². The summed E-state index contributed by atoms with van der Waals surface area (Å²) in [6.45, 7) is 5.47. The molecule has 2 heterocycles. The Kier molecular flexibility index (Phi) is 5.74. The van der Waals surface area contributed by atoms with Crippen LogP contribution in [-0.4, -0.2) is 64.6 Å². The van der Waals surface area contributed by atoms with Crippen molar-refractivity contribution in [2.24, 2.45) is 0 Å². The summed E-state index contributed by atoms with van der Waals surface area (Å²) in [5, 5.41) is 9.98. The molecule has 120 valence electrons. The number of thiazole rings is 1. The third-order valence-corrected chi connectivity index (χ3v) is 4.68. The Morgan fingerprint density at radius 2 is 2.00 bits per heavy atom. The number of halogens is 1. The van der Waals surface area contributed by atoms with E-state index in [0.717, 1.165) is 23.3 Å². The number of piperazine rings is 1. The number of β-amino-alcohol motifs (C(OH)–C–C–N with tert-alkyl or cyclic N) is 1. The first-order valence-electron chi connectivity index (χ1n) is 7.19. The van der Waals surface area contributed by atoms with Crippen LogP contribution in [-0.2, 0) is 0 Å². The Balaban J connectivity index is 0.00000176. The van der Waals surface area contributed by atoms with E-state index >= 15 is 0 Å². The summed E-state index contributed by atoms with van der Waals surface area (Å²) in [6.07, 6.45) is -0.323. The van der Waals surface area contributed by atoms with Crippen LogP contribution in [0.5, 0.6) is 0 Å². The first-order valence-corrected chi connectivity index (χ1v) is 8.00. The second-order valence-electron chi connectivity index (χ2n) is 5.43. The van der Waals surface area contributed by atoms with Crippen molar-refractivity contribution in [2.75, 3.05) is 32.7 Å². The topological polar surface area (TPSA) is 56.7 Å². The quantitative estimate of drug-likeness (QED) is 0.925. The highest BCUT2D eigenvalue weighted by Crippen LogP contribution is 2.23. The van der Waals surface area contributed by atoms with Gasteiger partial charge in [0, 0.05) is 32.7 Å². The zero-order valence-corrected chi connectivity index (χ0v) is 14.1. The largest absolute Gasteiger partial charge is 0.392 e. The number of amides is 1. The number of para-hydroxylation sites is 1. The standard InChI is InChI=1S/C15H19N3O2S.ClH/c1-11(19)10-17-6-8-18(9-7-17)15(20)14-16-12-4-2-3-5-13(12)21-14;/h2-5,11,19H,6-10H2,1H3;1H. The second kappa shape index (κ2) is 7.37. The van der Waals surface area contributed by atoms with E-state index in [4.69, 9.17) is 0 Å². The number of hydrogen-bond donors (Lipinski definition) is 1. The normalized spacial score (nSPS) is 17.3. The maximum Gasteiger partial charge on any atom is 0.282 e. The van der Waals surface area contributed by atoms with Gasteiger partial charge in [-0.05, 0) is 19.1 Å². The van der Waals surface area contributed by atoms with E-state index in [2.05, 4.69) is 9.88 Å². The fraction of sp³-hybridized carbons (Fsp3) is 0.467. The first kappa shape index (κ1) is 17.1. The van der Waals surface area contributed by atoms with Crippen molar-refractivity contribution in [2.45, 2.75) is 13.0 Å². The lowest BCUT2D eigenvalue weighted by molar-refractivity contribution is 0.0554. The van der Waals surface area contributed by atoms with Crippen LogP contribution in [0.4, 0.5) is 0 Å². The van der Waals surface area contributed by atoms with Crippen molar-refractivity contribution < 1.29 is 9.90 Å². The number of aliphatic hydroxyl groups is 1. The van der Waals surface area contributed by atoms with Gasteiger partial charge in [0.05, 0.1) is 16.3 Å². The van der Waals surface area contributed by atoms with E-state index in [1.54, 1.807) is 6.92 Å². The smallest absolute Gasteiger partial charge is 0.282 e. The molecule has 1 amide bonds. The summed E-state index contributed by atoms with van der Waals surface area (Å²) in [4.78, 5) is 21.0. The Bertz CT molecular complexity index is 606. The zero-order chi connectivity index (χ0) is 14.8. The first-order chi connectivity index (χ1) is 10.1. The minimum absolute atomic E-state index is 0. The Hall–Kier alpha value is -1.21. The second-order valence-corrected chi connectivity index (χ2v) is 6.46. The molecule has 1 unspecified atom stereocenters. The number of rotatable bonds is 3. The van der Waals surface area contributed by atoms with Crippen LogP contribution in [0.1, 0.15) is 16.7 Å². The van der Waals surface area contributed by atoms with Crippen molar-refractivity contribution in [3.05, 3.63) is 29.3 Å². The molecule has 5 nitrogen and oxygen atoms in total. The van der Waals surface area contributed by atoms with Gasteiger partial charge in [0.1, 0.15) is 0 Å². The van der Waals surface area contributed by atoms with E-state index in [1.165, 1.54) is 11.3 Å². The number of nitrogens with zero attached hydrogens (tertiary/aromatic N) is 3. The third-order valence-electron chi connectivity index (χ3n) is 3.66. The number of benzene rings is 1. The van der Waals surface area contributed by atoms with Gasteiger partial charge in [0.2, 0.25) is 0 Å². The summed E-state index contributed by atoms with van der Waals surface area (Å²) >= 11 is 1.45. The predicted molar refractivity (Wildman–Crippen MR) is 90.9 cm³/mol. The van der Waals surface area contributed by atoms with E-state index in [1.807, 2.05) is 29.2 Å². The highest BCUT2D eigenvalue weighted by molar-refractivity contribution is 7.20. The van der Waals surface area contributed by atoms with Crippen LogP contribution in [0.3, 0.4) is 0 Å². The molecule has 0 saturated carbocycles. The van der Waals surface area contributed by atoms with E-state index < -0.39 is 0 Å². The molecule has 0 spiro atoms. The molecular weight excluding hydrogens is 322 g/mol. The molecule has 7 heteroatoms. The van der Waals surface area contributed by atoms with Crippen molar-refractivity contribution >= 4 is 39.9 Å². The monoisotopic (exact) mass is 341 g/mol. The molecule has 1 N–H and O–H groups in total. The van der Waals surface area contributed by atoms with Gasteiger partial charge in [0.15, 0.2) is 5.01 Å². The summed E-state index contributed by atoms with van der Waals surface area (Å²) < 4.78 is 1.05. The average Bonchev–Trinajstić information content (AvgIpc) is 2.90. The summed E-state index contributed by atoms with van der Waals surface area (Å²) in [6, 6.07) is 7.82. The molecule has 1 saturated heterocycles. The molecule has 1 fully saturated rings. The molecule has 1 aromatic carbocycles. The lowest BCUT2D eigenvalue weighted by atomic mass is 10.2. The lowest BCUT2D eigenvalue weighted by Gasteiger charge is -2.34. The average molecular weight is 342 g/mol. The minimum atomic E-state index is -0.323. The number of carbonyl (C=O) groups is 1.